The van der Waals surface area contributed by atoms with Gasteiger partial charge in [-0.15, -0.1) is 0 Å². The van der Waals surface area contributed by atoms with Crippen LogP contribution in [0.3, 0.4) is 0 Å². The van der Waals surface area contributed by atoms with Crippen LogP contribution in [0, 0.1) is 6.92 Å². The fraction of sp³-hybridized carbons (Fsp3) is 0.625. The summed E-state index contributed by atoms with van der Waals surface area (Å²) in [5.74, 6) is 0.928. The first-order chi connectivity index (χ1) is 8.87. The number of hydrogen-bond donors (Lipinski definition) is 1. The third-order valence-electron chi connectivity index (χ3n) is 3.70. The fourth-order valence-corrected chi connectivity index (χ4v) is 2.50. The molecule has 1 fully saturated rings. The maximum absolute atomic E-state index is 5.93. The molecule has 1 unspecified atom stereocenters. The molecule has 2 atom stereocenters. The molecular formula is C16H25NO2. The van der Waals surface area contributed by atoms with Gasteiger partial charge in [0, 0.05) is 6.04 Å². The van der Waals surface area contributed by atoms with Gasteiger partial charge in [0.15, 0.2) is 0 Å². The summed E-state index contributed by atoms with van der Waals surface area (Å²) in [5, 5.41) is 0. The Bertz CT molecular complexity index is 440. The third-order valence-corrected chi connectivity index (χ3v) is 3.70. The van der Waals surface area contributed by atoms with Gasteiger partial charge in [-0.05, 0) is 57.7 Å². The Labute approximate surface area is 116 Å². The quantitative estimate of drug-likeness (QED) is 0.906. The number of ether oxygens (including phenoxy) is 2. The van der Waals surface area contributed by atoms with E-state index in [-0.39, 0.29) is 17.7 Å². The average Bonchev–Trinajstić information content (AvgIpc) is 2.67. The van der Waals surface area contributed by atoms with Crippen LogP contribution in [0.2, 0.25) is 0 Å². The Morgan fingerprint density at radius 2 is 2.21 bits per heavy atom. The van der Waals surface area contributed by atoms with Gasteiger partial charge in [-0.1, -0.05) is 12.1 Å². The summed E-state index contributed by atoms with van der Waals surface area (Å²) in [5.41, 5.74) is 8.15. The molecule has 0 radical (unpaired) electrons. The summed E-state index contributed by atoms with van der Waals surface area (Å²) in [6, 6.07) is 6.20. The van der Waals surface area contributed by atoms with Gasteiger partial charge in [-0.2, -0.15) is 0 Å². The predicted molar refractivity (Wildman–Crippen MR) is 77.5 cm³/mol. The lowest BCUT2D eigenvalue weighted by Crippen LogP contribution is -2.24. The molecule has 3 nitrogen and oxygen atoms in total. The van der Waals surface area contributed by atoms with Crippen LogP contribution in [-0.4, -0.2) is 18.3 Å². The van der Waals surface area contributed by atoms with Crippen molar-refractivity contribution in [1.82, 2.24) is 0 Å². The molecule has 0 aliphatic carbocycles. The summed E-state index contributed by atoms with van der Waals surface area (Å²) in [7, 11) is 0. The Morgan fingerprint density at radius 3 is 2.74 bits per heavy atom. The Kier molecular flexibility index (Phi) is 4.16. The van der Waals surface area contributed by atoms with Crippen LogP contribution in [0.4, 0.5) is 0 Å². The van der Waals surface area contributed by atoms with E-state index in [0.717, 1.165) is 29.7 Å². The second-order valence-corrected chi connectivity index (χ2v) is 6.16. The molecule has 1 aromatic rings. The summed E-state index contributed by atoms with van der Waals surface area (Å²) >= 11 is 0. The Morgan fingerprint density at radius 1 is 1.47 bits per heavy atom. The fourth-order valence-electron chi connectivity index (χ4n) is 2.50. The van der Waals surface area contributed by atoms with Crippen molar-refractivity contribution in [3.05, 3.63) is 29.3 Å². The number of nitrogens with two attached hydrogens (primary N) is 1. The lowest BCUT2D eigenvalue weighted by molar-refractivity contribution is -0.0327. The topological polar surface area (TPSA) is 44.5 Å². The minimum absolute atomic E-state index is 0.00190. The molecule has 0 spiro atoms. The van der Waals surface area contributed by atoms with Crippen molar-refractivity contribution < 1.29 is 9.47 Å². The van der Waals surface area contributed by atoms with Crippen LogP contribution < -0.4 is 10.5 Å². The molecular weight excluding hydrogens is 238 g/mol. The van der Waals surface area contributed by atoms with Crippen molar-refractivity contribution in [2.45, 2.75) is 58.3 Å². The minimum atomic E-state index is 0.00190. The zero-order chi connectivity index (χ0) is 14.0. The maximum atomic E-state index is 5.93. The summed E-state index contributed by atoms with van der Waals surface area (Å²) in [6.45, 7) is 8.94. The molecule has 0 saturated carbocycles. The highest BCUT2D eigenvalue weighted by Gasteiger charge is 2.31. The third kappa shape index (κ3) is 3.71. The first-order valence-corrected chi connectivity index (χ1v) is 7.04. The molecule has 1 saturated heterocycles. The van der Waals surface area contributed by atoms with E-state index in [1.54, 1.807) is 0 Å². The zero-order valence-electron chi connectivity index (χ0n) is 12.4. The largest absolute Gasteiger partial charge is 0.491 e. The van der Waals surface area contributed by atoms with E-state index in [4.69, 9.17) is 15.2 Å². The van der Waals surface area contributed by atoms with E-state index in [9.17, 15) is 0 Å². The SMILES string of the molecule is Cc1cc([C@H](C)N)ccc1OCC1CCC(C)(C)O1. The molecule has 2 N–H and O–H groups in total. The van der Waals surface area contributed by atoms with Gasteiger partial charge >= 0.3 is 0 Å². The van der Waals surface area contributed by atoms with E-state index in [0.29, 0.717) is 6.61 Å². The molecule has 1 aromatic carbocycles. The number of hydrogen-bond acceptors (Lipinski definition) is 3. The maximum Gasteiger partial charge on any atom is 0.122 e. The van der Waals surface area contributed by atoms with Gasteiger partial charge in [-0.3, -0.25) is 0 Å². The van der Waals surface area contributed by atoms with Crippen molar-refractivity contribution in [3.63, 3.8) is 0 Å². The molecule has 106 valence electrons. The van der Waals surface area contributed by atoms with Gasteiger partial charge in [0.05, 0.1) is 11.7 Å². The molecule has 1 heterocycles. The highest BCUT2D eigenvalue weighted by Crippen LogP contribution is 2.30. The summed E-state index contributed by atoms with van der Waals surface area (Å²) in [4.78, 5) is 0. The highest BCUT2D eigenvalue weighted by molar-refractivity contribution is 5.37. The van der Waals surface area contributed by atoms with Crippen LogP contribution in [-0.2, 0) is 4.74 Å². The van der Waals surface area contributed by atoms with Gasteiger partial charge in [0.2, 0.25) is 0 Å². The molecule has 2 rings (SSSR count). The van der Waals surface area contributed by atoms with Gasteiger partial charge in [0.1, 0.15) is 12.4 Å². The van der Waals surface area contributed by atoms with E-state index < -0.39 is 0 Å². The van der Waals surface area contributed by atoms with Gasteiger partial charge < -0.3 is 15.2 Å². The van der Waals surface area contributed by atoms with Crippen LogP contribution in [0.1, 0.15) is 50.8 Å². The van der Waals surface area contributed by atoms with Gasteiger partial charge in [0.25, 0.3) is 0 Å². The standard InChI is InChI=1S/C16H25NO2/c1-11-9-13(12(2)17)5-6-15(11)18-10-14-7-8-16(3,4)19-14/h5-6,9,12,14H,7-8,10,17H2,1-4H3/t12-,14?/m0/s1. The van der Waals surface area contributed by atoms with Crippen LogP contribution in [0.5, 0.6) is 5.75 Å². The van der Waals surface area contributed by atoms with Crippen LogP contribution >= 0.6 is 0 Å². The summed E-state index contributed by atoms with van der Waals surface area (Å²) in [6.07, 6.45) is 2.38. The van der Waals surface area contributed by atoms with E-state index in [1.165, 1.54) is 0 Å². The zero-order valence-corrected chi connectivity index (χ0v) is 12.4. The Balaban J connectivity index is 1.93. The second-order valence-electron chi connectivity index (χ2n) is 6.16. The highest BCUT2D eigenvalue weighted by atomic mass is 16.6. The van der Waals surface area contributed by atoms with Crippen LogP contribution in [0.25, 0.3) is 0 Å². The van der Waals surface area contributed by atoms with Crippen molar-refractivity contribution in [3.8, 4) is 5.75 Å². The van der Waals surface area contributed by atoms with Crippen molar-refractivity contribution >= 4 is 0 Å². The normalized spacial score (nSPS) is 23.3. The minimum Gasteiger partial charge on any atom is -0.491 e. The second kappa shape index (κ2) is 5.51. The van der Waals surface area contributed by atoms with Crippen molar-refractivity contribution in [2.75, 3.05) is 6.61 Å². The van der Waals surface area contributed by atoms with Crippen LogP contribution in [0.15, 0.2) is 18.2 Å². The number of benzene rings is 1. The van der Waals surface area contributed by atoms with Crippen molar-refractivity contribution in [1.29, 1.82) is 0 Å². The smallest absolute Gasteiger partial charge is 0.122 e. The summed E-state index contributed by atoms with van der Waals surface area (Å²) < 4.78 is 11.8. The lowest BCUT2D eigenvalue weighted by Gasteiger charge is -2.20. The van der Waals surface area contributed by atoms with E-state index >= 15 is 0 Å². The molecule has 0 bridgehead atoms. The number of aryl methyl sites for hydroxylation is 1. The Hall–Kier alpha value is -1.06. The lowest BCUT2D eigenvalue weighted by atomic mass is 10.1. The first-order valence-electron chi connectivity index (χ1n) is 7.04. The predicted octanol–water partition coefficient (Wildman–Crippen LogP) is 3.35. The monoisotopic (exact) mass is 263 g/mol. The molecule has 0 aromatic heterocycles. The average molecular weight is 263 g/mol. The van der Waals surface area contributed by atoms with E-state index in [1.807, 2.05) is 19.1 Å². The molecule has 0 amide bonds. The molecule has 1 aliphatic rings. The van der Waals surface area contributed by atoms with Gasteiger partial charge in [-0.25, -0.2) is 0 Å². The first kappa shape index (κ1) is 14.4. The van der Waals surface area contributed by atoms with Crippen molar-refractivity contribution in [2.24, 2.45) is 5.73 Å². The molecule has 19 heavy (non-hydrogen) atoms. The molecule has 1 aliphatic heterocycles. The van der Waals surface area contributed by atoms with E-state index in [2.05, 4.69) is 26.8 Å². The molecule has 3 heteroatoms. The number of rotatable bonds is 4.